The molecule has 0 saturated heterocycles. The van der Waals surface area contributed by atoms with Gasteiger partial charge in [0, 0.05) is 29.7 Å². The Bertz CT molecular complexity index is 1160. The minimum atomic E-state index is -0.0142. The molecule has 0 saturated carbocycles. The summed E-state index contributed by atoms with van der Waals surface area (Å²) in [5.74, 6) is 0.394. The lowest BCUT2D eigenvalue weighted by atomic mass is 9.97. The molecule has 0 fully saturated rings. The van der Waals surface area contributed by atoms with E-state index in [1.54, 1.807) is 11.3 Å². The lowest BCUT2D eigenvalue weighted by molar-refractivity contribution is 0.0948. The number of amides is 1. The molecule has 4 rings (SSSR count). The fourth-order valence-corrected chi connectivity index (χ4v) is 5.44. The van der Waals surface area contributed by atoms with Gasteiger partial charge < -0.3 is 9.88 Å². The van der Waals surface area contributed by atoms with Gasteiger partial charge in [0.1, 0.15) is 5.01 Å². The Morgan fingerprint density at radius 2 is 2.09 bits per heavy atom. The molecule has 1 aliphatic rings. The van der Waals surface area contributed by atoms with Crippen molar-refractivity contribution in [2.75, 3.05) is 6.54 Å². The van der Waals surface area contributed by atoms with Crippen LogP contribution in [-0.4, -0.2) is 22.0 Å². The van der Waals surface area contributed by atoms with Crippen LogP contribution in [0.25, 0.3) is 22.0 Å². The minimum absolute atomic E-state index is 0.0142. The molecule has 0 spiro atoms. The highest BCUT2D eigenvalue weighted by Crippen LogP contribution is 2.35. The molecule has 1 N–H and O–H groups in total. The highest BCUT2D eigenvalue weighted by atomic mass is 35.5. The molecule has 0 aliphatic heterocycles. The first-order chi connectivity index (χ1) is 15.9. The van der Waals surface area contributed by atoms with Gasteiger partial charge in [-0.05, 0) is 57.1 Å². The third-order valence-corrected chi connectivity index (χ3v) is 7.40. The van der Waals surface area contributed by atoms with Crippen molar-refractivity contribution < 1.29 is 4.79 Å². The number of nitrogens with zero attached hydrogens (tertiary/aromatic N) is 2. The summed E-state index contributed by atoms with van der Waals surface area (Å²) in [6, 6.07) is 9.79. The van der Waals surface area contributed by atoms with Crippen LogP contribution in [0.3, 0.4) is 0 Å². The number of carbonyl (C=O) groups excluding carboxylic acids is 1. The average Bonchev–Trinajstić information content (AvgIpc) is 3.42. The van der Waals surface area contributed by atoms with Crippen molar-refractivity contribution >= 4 is 28.8 Å². The van der Waals surface area contributed by atoms with Gasteiger partial charge in [-0.25, -0.2) is 4.98 Å². The molecule has 0 atom stereocenters. The zero-order valence-electron chi connectivity index (χ0n) is 19.7. The fraction of sp³-hybridized carbons (Fsp3) is 0.407. The van der Waals surface area contributed by atoms with Crippen molar-refractivity contribution in [2.45, 2.75) is 59.4 Å². The van der Waals surface area contributed by atoms with Crippen LogP contribution in [0.4, 0.5) is 0 Å². The van der Waals surface area contributed by atoms with E-state index in [4.69, 9.17) is 16.6 Å². The van der Waals surface area contributed by atoms with Gasteiger partial charge in [-0.2, -0.15) is 0 Å². The number of nitrogens with one attached hydrogen (secondary N) is 1. The Hall–Kier alpha value is -2.37. The number of thiazole rings is 1. The predicted octanol–water partition coefficient (Wildman–Crippen LogP) is 7.52. The van der Waals surface area contributed by atoms with Gasteiger partial charge in [-0.3, -0.25) is 4.79 Å². The van der Waals surface area contributed by atoms with E-state index < -0.39 is 0 Å². The van der Waals surface area contributed by atoms with Crippen molar-refractivity contribution in [2.24, 2.45) is 5.92 Å². The summed E-state index contributed by atoms with van der Waals surface area (Å²) in [7, 11) is 0. The van der Waals surface area contributed by atoms with Crippen LogP contribution >= 0.6 is 22.9 Å². The van der Waals surface area contributed by atoms with Gasteiger partial charge in [-0.15, -0.1) is 11.3 Å². The number of allylic oxidation sites excluding steroid dienone is 2. The Kier molecular flexibility index (Phi) is 7.71. The number of rotatable bonds is 8. The summed E-state index contributed by atoms with van der Waals surface area (Å²) in [6.45, 7) is 7.77. The molecule has 0 bridgehead atoms. The molecule has 1 aromatic carbocycles. The molecule has 2 heterocycles. The maximum atomic E-state index is 13.0. The zero-order valence-corrected chi connectivity index (χ0v) is 21.2. The largest absolute Gasteiger partial charge is 0.352 e. The summed E-state index contributed by atoms with van der Waals surface area (Å²) in [4.78, 5) is 17.9. The van der Waals surface area contributed by atoms with E-state index in [1.165, 1.54) is 31.3 Å². The normalized spacial score (nSPS) is 13.9. The maximum absolute atomic E-state index is 13.0. The predicted molar refractivity (Wildman–Crippen MR) is 139 cm³/mol. The second-order valence-electron chi connectivity index (χ2n) is 9.16. The smallest absolute Gasteiger partial charge is 0.253 e. The first kappa shape index (κ1) is 23.8. The molecule has 0 unspecified atom stereocenters. The van der Waals surface area contributed by atoms with Crippen molar-refractivity contribution in [3.8, 4) is 22.0 Å². The third-order valence-electron chi connectivity index (χ3n) is 6.19. The van der Waals surface area contributed by atoms with E-state index in [0.717, 1.165) is 46.2 Å². The number of aromatic nitrogens is 2. The SMILES string of the molecule is Cc1c(C(=O)NCC(C)C)cc(-c2csc(-c3ccccc3Cl)n2)n1CCC1=CCCCC1. The van der Waals surface area contributed by atoms with Crippen LogP contribution in [0.5, 0.6) is 0 Å². The number of halogens is 1. The van der Waals surface area contributed by atoms with E-state index >= 15 is 0 Å². The first-order valence-corrected chi connectivity index (χ1v) is 13.1. The summed E-state index contributed by atoms with van der Waals surface area (Å²) in [5, 5.41) is 6.73. The maximum Gasteiger partial charge on any atom is 0.253 e. The first-order valence-electron chi connectivity index (χ1n) is 11.8. The van der Waals surface area contributed by atoms with Crippen LogP contribution in [0.1, 0.15) is 62.0 Å². The lowest BCUT2D eigenvalue weighted by Crippen LogP contribution is -2.27. The van der Waals surface area contributed by atoms with Gasteiger partial charge >= 0.3 is 0 Å². The Labute approximate surface area is 205 Å². The summed E-state index contributed by atoms with van der Waals surface area (Å²) >= 11 is 8.00. The summed E-state index contributed by atoms with van der Waals surface area (Å²) in [5.41, 5.74) is 6.07. The lowest BCUT2D eigenvalue weighted by Gasteiger charge is -2.16. The quantitative estimate of drug-likeness (QED) is 0.338. The van der Waals surface area contributed by atoms with Crippen molar-refractivity contribution in [1.29, 1.82) is 0 Å². The molecule has 2 aromatic heterocycles. The third kappa shape index (κ3) is 5.59. The molecule has 1 amide bonds. The van der Waals surface area contributed by atoms with Crippen LogP contribution in [0.2, 0.25) is 5.02 Å². The number of hydrogen-bond acceptors (Lipinski definition) is 3. The van der Waals surface area contributed by atoms with Gasteiger partial charge in [0.25, 0.3) is 5.91 Å². The van der Waals surface area contributed by atoms with Gasteiger partial charge in [-0.1, -0.05) is 55.3 Å². The van der Waals surface area contributed by atoms with Gasteiger partial charge in [0.2, 0.25) is 0 Å². The van der Waals surface area contributed by atoms with Crippen LogP contribution < -0.4 is 5.32 Å². The molecule has 3 aromatic rings. The van der Waals surface area contributed by atoms with E-state index in [-0.39, 0.29) is 5.91 Å². The second kappa shape index (κ2) is 10.7. The highest BCUT2D eigenvalue weighted by Gasteiger charge is 2.21. The van der Waals surface area contributed by atoms with Crippen LogP contribution in [0, 0.1) is 12.8 Å². The van der Waals surface area contributed by atoms with E-state index in [1.807, 2.05) is 37.3 Å². The topological polar surface area (TPSA) is 46.9 Å². The summed E-state index contributed by atoms with van der Waals surface area (Å²) < 4.78 is 2.27. The standard InChI is InChI=1S/C27H32ClN3OS/c1-18(2)16-29-26(32)22-15-25(31(19(22)3)14-13-20-9-5-4-6-10-20)24-17-33-27(30-24)21-11-7-8-12-23(21)28/h7-9,11-12,15,17-18H,4-6,10,13-14,16H2,1-3H3,(H,29,32). The molecular formula is C27H32ClN3OS. The highest BCUT2D eigenvalue weighted by molar-refractivity contribution is 7.13. The Morgan fingerprint density at radius 1 is 1.27 bits per heavy atom. The molecule has 4 nitrogen and oxygen atoms in total. The summed E-state index contributed by atoms with van der Waals surface area (Å²) in [6.07, 6.45) is 8.35. The molecular weight excluding hydrogens is 450 g/mol. The van der Waals surface area contributed by atoms with Crippen molar-refractivity contribution in [1.82, 2.24) is 14.9 Å². The van der Waals surface area contributed by atoms with Crippen LogP contribution in [-0.2, 0) is 6.54 Å². The van der Waals surface area contributed by atoms with Crippen LogP contribution in [0.15, 0.2) is 47.4 Å². The van der Waals surface area contributed by atoms with Gasteiger partial charge in [0.15, 0.2) is 0 Å². The average molecular weight is 482 g/mol. The molecule has 6 heteroatoms. The number of benzene rings is 1. The number of carbonyl (C=O) groups is 1. The van der Waals surface area contributed by atoms with E-state index in [0.29, 0.717) is 17.5 Å². The minimum Gasteiger partial charge on any atom is -0.352 e. The monoisotopic (exact) mass is 481 g/mol. The Morgan fingerprint density at radius 3 is 2.82 bits per heavy atom. The number of hydrogen-bond donors (Lipinski definition) is 1. The zero-order chi connectivity index (χ0) is 23.4. The van der Waals surface area contributed by atoms with E-state index in [9.17, 15) is 4.79 Å². The second-order valence-corrected chi connectivity index (χ2v) is 10.4. The molecule has 33 heavy (non-hydrogen) atoms. The molecule has 174 valence electrons. The van der Waals surface area contributed by atoms with Gasteiger partial charge in [0.05, 0.1) is 22.0 Å². The Balaban J connectivity index is 1.68. The molecule has 0 radical (unpaired) electrons. The fourth-order valence-electron chi connectivity index (χ4n) is 4.30. The van der Waals surface area contributed by atoms with Crippen molar-refractivity contribution in [3.05, 3.63) is 63.6 Å². The van der Waals surface area contributed by atoms with Crippen molar-refractivity contribution in [3.63, 3.8) is 0 Å². The molecule has 1 aliphatic carbocycles. The van der Waals surface area contributed by atoms with E-state index in [2.05, 4.69) is 35.2 Å².